The van der Waals surface area contributed by atoms with Crippen molar-refractivity contribution in [1.29, 1.82) is 0 Å². The summed E-state index contributed by atoms with van der Waals surface area (Å²) < 4.78 is 26.5. The summed E-state index contributed by atoms with van der Waals surface area (Å²) in [4.78, 5) is 17.2. The molecule has 0 aliphatic carbocycles. The molecule has 0 radical (unpaired) electrons. The molecule has 1 aliphatic heterocycles. The van der Waals surface area contributed by atoms with Crippen LogP contribution in [0.3, 0.4) is 0 Å². The number of aryl methyl sites for hydroxylation is 1. The zero-order chi connectivity index (χ0) is 19.9. The van der Waals surface area contributed by atoms with Crippen LogP contribution in [-0.2, 0) is 10.0 Å². The highest BCUT2D eigenvalue weighted by molar-refractivity contribution is 7.93. The Kier molecular flexibility index (Phi) is 4.55. The first-order valence-corrected chi connectivity index (χ1v) is 11.0. The summed E-state index contributed by atoms with van der Waals surface area (Å²) in [7, 11) is -3.22. The fraction of sp³-hybridized carbons (Fsp3) is 0.235. The third-order valence-electron chi connectivity index (χ3n) is 4.39. The van der Waals surface area contributed by atoms with Gasteiger partial charge in [-0.1, -0.05) is 0 Å². The molecule has 11 heteroatoms. The predicted molar refractivity (Wildman–Crippen MR) is 109 cm³/mol. The zero-order valence-corrected chi connectivity index (χ0v) is 16.6. The van der Waals surface area contributed by atoms with Crippen molar-refractivity contribution in [2.24, 2.45) is 0 Å². The number of nitrogens with two attached hydrogens (primary N) is 1. The van der Waals surface area contributed by atoms with Crippen molar-refractivity contribution in [2.75, 3.05) is 27.7 Å². The largest absolute Gasteiger partial charge is 0.368 e. The van der Waals surface area contributed by atoms with Gasteiger partial charge in [0.05, 0.1) is 16.3 Å². The number of sulfonamides is 1. The van der Waals surface area contributed by atoms with Gasteiger partial charge in [0.2, 0.25) is 21.9 Å². The van der Waals surface area contributed by atoms with E-state index in [0.29, 0.717) is 29.2 Å². The van der Waals surface area contributed by atoms with Gasteiger partial charge in [0.25, 0.3) is 5.91 Å². The maximum absolute atomic E-state index is 12.6. The molecule has 0 unspecified atom stereocenters. The molecule has 1 saturated heterocycles. The Morgan fingerprint density at radius 3 is 2.61 bits per heavy atom. The highest BCUT2D eigenvalue weighted by Gasteiger charge is 2.28. The van der Waals surface area contributed by atoms with E-state index in [-0.39, 0.29) is 23.6 Å². The molecule has 0 amide bonds. The lowest BCUT2D eigenvalue weighted by Crippen LogP contribution is -2.24. The van der Waals surface area contributed by atoms with Gasteiger partial charge >= 0.3 is 0 Å². The fourth-order valence-electron chi connectivity index (χ4n) is 2.98. The Balaban J connectivity index is 1.52. The van der Waals surface area contributed by atoms with Crippen LogP contribution in [0.4, 0.5) is 23.3 Å². The Morgan fingerprint density at radius 1 is 1.25 bits per heavy atom. The number of thiophene rings is 1. The molecule has 3 N–H and O–H groups in total. The van der Waals surface area contributed by atoms with E-state index in [9.17, 15) is 13.2 Å². The summed E-state index contributed by atoms with van der Waals surface area (Å²) in [5.41, 5.74) is 7.97. The molecule has 0 spiro atoms. The number of carbonyl (C=O) groups excluding carboxylic acids is 1. The number of anilines is 4. The Morgan fingerprint density at radius 2 is 2.00 bits per heavy atom. The highest BCUT2D eigenvalue weighted by atomic mass is 32.2. The van der Waals surface area contributed by atoms with E-state index in [2.05, 4.69) is 15.4 Å². The van der Waals surface area contributed by atoms with Crippen LogP contribution in [0.1, 0.15) is 21.7 Å². The van der Waals surface area contributed by atoms with Gasteiger partial charge in [-0.2, -0.15) is 9.67 Å². The van der Waals surface area contributed by atoms with E-state index >= 15 is 0 Å². The lowest BCUT2D eigenvalue weighted by atomic mass is 10.2. The van der Waals surface area contributed by atoms with Crippen molar-refractivity contribution >= 4 is 50.5 Å². The number of nitrogens with zero attached hydrogens (tertiary/aromatic N) is 4. The molecule has 1 aromatic carbocycles. The minimum absolute atomic E-state index is 0.0138. The molecule has 4 rings (SSSR count). The van der Waals surface area contributed by atoms with Crippen LogP contribution in [0.25, 0.3) is 0 Å². The summed E-state index contributed by atoms with van der Waals surface area (Å²) in [5.74, 6) is 0.00702. The van der Waals surface area contributed by atoms with Crippen LogP contribution in [0.15, 0.2) is 35.7 Å². The molecule has 3 aromatic rings. The topological polar surface area (TPSA) is 123 Å². The molecule has 0 saturated carbocycles. The fourth-order valence-corrected chi connectivity index (χ4v) is 5.40. The summed E-state index contributed by atoms with van der Waals surface area (Å²) in [5, 5.41) is 8.95. The van der Waals surface area contributed by atoms with Crippen molar-refractivity contribution in [3.8, 4) is 0 Å². The van der Waals surface area contributed by atoms with E-state index in [4.69, 9.17) is 5.73 Å². The second-order valence-corrected chi connectivity index (χ2v) is 9.29. The quantitative estimate of drug-likeness (QED) is 0.666. The molecule has 28 heavy (non-hydrogen) atoms. The molecular formula is C17H18N6O3S2. The van der Waals surface area contributed by atoms with Crippen molar-refractivity contribution < 1.29 is 13.2 Å². The summed E-state index contributed by atoms with van der Waals surface area (Å²) in [6.45, 7) is 2.33. The number of hydrogen-bond donors (Lipinski definition) is 2. The number of benzene rings is 1. The van der Waals surface area contributed by atoms with E-state index in [1.54, 1.807) is 24.3 Å². The van der Waals surface area contributed by atoms with E-state index in [1.165, 1.54) is 15.6 Å². The van der Waals surface area contributed by atoms with Crippen molar-refractivity contribution in [1.82, 2.24) is 14.8 Å². The second-order valence-electron chi connectivity index (χ2n) is 6.36. The zero-order valence-electron chi connectivity index (χ0n) is 15.0. The average molecular weight is 419 g/mol. The van der Waals surface area contributed by atoms with Crippen LogP contribution < -0.4 is 15.4 Å². The number of nitrogen functional groups attached to an aromatic ring is 1. The lowest BCUT2D eigenvalue weighted by Gasteiger charge is -2.17. The van der Waals surface area contributed by atoms with Gasteiger partial charge in [-0.15, -0.1) is 16.4 Å². The minimum Gasteiger partial charge on any atom is -0.368 e. The van der Waals surface area contributed by atoms with Crippen LogP contribution in [0, 0.1) is 6.92 Å². The smallest absolute Gasteiger partial charge is 0.291 e. The van der Waals surface area contributed by atoms with Gasteiger partial charge in [-0.3, -0.25) is 9.10 Å². The molecule has 1 aliphatic rings. The normalized spacial score (nSPS) is 15.7. The van der Waals surface area contributed by atoms with E-state index in [1.807, 2.05) is 18.4 Å². The predicted octanol–water partition coefficient (Wildman–Crippen LogP) is 2.20. The molecule has 2 aromatic heterocycles. The van der Waals surface area contributed by atoms with Crippen molar-refractivity contribution in [3.05, 3.63) is 46.2 Å². The Hall–Kier alpha value is -2.92. The van der Waals surface area contributed by atoms with Gasteiger partial charge in [-0.05, 0) is 54.6 Å². The average Bonchev–Trinajstić information content (AvgIpc) is 3.34. The minimum atomic E-state index is -3.22. The third-order valence-corrected chi connectivity index (χ3v) is 7.27. The summed E-state index contributed by atoms with van der Waals surface area (Å²) in [6, 6.07) is 8.74. The van der Waals surface area contributed by atoms with Crippen LogP contribution >= 0.6 is 11.3 Å². The van der Waals surface area contributed by atoms with Gasteiger partial charge < -0.3 is 11.1 Å². The first kappa shape index (κ1) is 18.4. The van der Waals surface area contributed by atoms with Crippen LogP contribution in [0.5, 0.6) is 0 Å². The maximum atomic E-state index is 12.6. The molecule has 9 nitrogen and oxygen atoms in total. The second kappa shape index (κ2) is 6.91. The van der Waals surface area contributed by atoms with Gasteiger partial charge in [0.15, 0.2) is 0 Å². The molecule has 1 fully saturated rings. The van der Waals surface area contributed by atoms with Crippen molar-refractivity contribution in [2.45, 2.75) is 13.3 Å². The van der Waals surface area contributed by atoms with E-state index in [0.717, 1.165) is 10.2 Å². The maximum Gasteiger partial charge on any atom is 0.291 e. The monoisotopic (exact) mass is 418 g/mol. The SMILES string of the molecule is Cc1ccsc1C(=O)n1nc(Nc2ccc(N3CCCS3(=O)=O)cc2)nc1N. The van der Waals surface area contributed by atoms with Crippen molar-refractivity contribution in [3.63, 3.8) is 0 Å². The molecular weight excluding hydrogens is 400 g/mol. The van der Waals surface area contributed by atoms with Gasteiger partial charge in [-0.25, -0.2) is 8.42 Å². The Bertz CT molecular complexity index is 1130. The molecule has 3 heterocycles. The lowest BCUT2D eigenvalue weighted by molar-refractivity contribution is 0.0951. The molecule has 0 atom stereocenters. The first-order chi connectivity index (χ1) is 13.3. The highest BCUT2D eigenvalue weighted by Crippen LogP contribution is 2.26. The number of aromatic nitrogens is 3. The first-order valence-electron chi connectivity index (χ1n) is 8.54. The van der Waals surface area contributed by atoms with Crippen LogP contribution in [-0.4, -0.2) is 41.4 Å². The van der Waals surface area contributed by atoms with Gasteiger partial charge in [0, 0.05) is 12.2 Å². The number of hydrogen-bond acceptors (Lipinski definition) is 8. The molecule has 0 bridgehead atoms. The van der Waals surface area contributed by atoms with E-state index < -0.39 is 10.0 Å². The number of rotatable bonds is 4. The van der Waals surface area contributed by atoms with Gasteiger partial charge in [0.1, 0.15) is 0 Å². The summed E-state index contributed by atoms with van der Waals surface area (Å²) in [6.07, 6.45) is 0.626. The summed E-state index contributed by atoms with van der Waals surface area (Å²) >= 11 is 1.32. The standard InChI is InChI=1S/C17H18N6O3S2/c1-11-7-9-27-14(11)15(24)23-16(18)20-17(21-23)19-12-3-5-13(6-4-12)22-8-2-10-28(22,25)26/h3-7,9H,2,8,10H2,1H3,(H3,18,19,20,21). The molecule has 146 valence electrons. The Labute approximate surface area is 165 Å². The third kappa shape index (κ3) is 3.34. The number of carbonyl (C=O) groups is 1. The number of nitrogens with one attached hydrogen (secondary N) is 1. The van der Waals surface area contributed by atoms with Crippen LogP contribution in [0.2, 0.25) is 0 Å².